The molecule has 0 fully saturated rings. The number of fused-ring (bicyclic) bond motifs is 1. The fourth-order valence-electron chi connectivity index (χ4n) is 4.47. The van der Waals surface area contributed by atoms with E-state index in [-0.39, 0.29) is 11.4 Å². The Morgan fingerprint density at radius 1 is 0.833 bits per heavy atom. The standard InChI is InChI=1S/C32H26BrN3O6/c1-39-23-12-9-20(10-13-23)32(38)42-24-14-11-22(33)17-21(24)18-34-36-31(37)30-27(19-7-5-4-6-8-19)28-25(40-2)15-16-26(41-3)29(28)35-30/h4-18,35H,1-3H3,(H,36,37). The van der Waals surface area contributed by atoms with Crippen LogP contribution in [0.2, 0.25) is 0 Å². The number of nitrogens with one attached hydrogen (secondary N) is 2. The lowest BCUT2D eigenvalue weighted by atomic mass is 10.0. The number of aromatic nitrogens is 1. The van der Waals surface area contributed by atoms with Crippen LogP contribution in [0, 0.1) is 0 Å². The Bertz CT molecular complexity index is 1780. The fraction of sp³-hybridized carbons (Fsp3) is 0.0938. The highest BCUT2D eigenvalue weighted by Gasteiger charge is 2.24. The molecular formula is C32H26BrN3O6. The molecule has 0 aliphatic heterocycles. The average Bonchev–Trinajstić information content (AvgIpc) is 3.43. The van der Waals surface area contributed by atoms with Gasteiger partial charge in [-0.1, -0.05) is 46.3 Å². The molecule has 212 valence electrons. The van der Waals surface area contributed by atoms with Gasteiger partial charge in [0.25, 0.3) is 5.91 Å². The number of esters is 1. The van der Waals surface area contributed by atoms with E-state index in [0.29, 0.717) is 44.8 Å². The smallest absolute Gasteiger partial charge is 0.343 e. The molecule has 5 aromatic rings. The molecule has 0 spiro atoms. The number of hydrazone groups is 1. The highest BCUT2D eigenvalue weighted by molar-refractivity contribution is 9.10. The number of nitrogens with zero attached hydrogens (tertiary/aromatic N) is 1. The van der Waals surface area contributed by atoms with E-state index in [4.69, 9.17) is 18.9 Å². The lowest BCUT2D eigenvalue weighted by molar-refractivity contribution is 0.0734. The van der Waals surface area contributed by atoms with Gasteiger partial charge in [-0.15, -0.1) is 0 Å². The second kappa shape index (κ2) is 12.6. The summed E-state index contributed by atoms with van der Waals surface area (Å²) in [6.07, 6.45) is 1.41. The maximum absolute atomic E-state index is 13.5. The topological polar surface area (TPSA) is 111 Å². The molecule has 0 bridgehead atoms. The molecule has 42 heavy (non-hydrogen) atoms. The molecule has 1 heterocycles. The van der Waals surface area contributed by atoms with Crippen LogP contribution in [0.15, 0.2) is 94.5 Å². The number of benzene rings is 4. The van der Waals surface area contributed by atoms with Gasteiger partial charge in [-0.25, -0.2) is 10.2 Å². The van der Waals surface area contributed by atoms with Crippen molar-refractivity contribution in [2.24, 2.45) is 5.10 Å². The predicted molar refractivity (Wildman–Crippen MR) is 164 cm³/mol. The number of H-pyrrole nitrogens is 1. The summed E-state index contributed by atoms with van der Waals surface area (Å²) < 4.78 is 22.7. The van der Waals surface area contributed by atoms with Gasteiger partial charge in [-0.2, -0.15) is 5.10 Å². The van der Waals surface area contributed by atoms with Gasteiger partial charge in [0.2, 0.25) is 0 Å². The van der Waals surface area contributed by atoms with Crippen LogP contribution in [0.3, 0.4) is 0 Å². The maximum Gasteiger partial charge on any atom is 0.343 e. The second-order valence-corrected chi connectivity index (χ2v) is 9.88. The van der Waals surface area contributed by atoms with Gasteiger partial charge in [0.1, 0.15) is 28.7 Å². The van der Waals surface area contributed by atoms with Gasteiger partial charge in [0.15, 0.2) is 0 Å². The Kier molecular flexibility index (Phi) is 8.54. The SMILES string of the molecule is COc1ccc(C(=O)Oc2ccc(Br)cc2C=NNC(=O)c2[nH]c3c(OC)ccc(OC)c3c2-c2ccccc2)cc1. The molecule has 5 rings (SSSR count). The van der Waals surface area contributed by atoms with Gasteiger partial charge < -0.3 is 23.9 Å². The molecule has 9 nitrogen and oxygen atoms in total. The first-order chi connectivity index (χ1) is 20.4. The van der Waals surface area contributed by atoms with Crippen molar-refractivity contribution in [3.05, 3.63) is 106 Å². The summed E-state index contributed by atoms with van der Waals surface area (Å²) in [5.74, 6) is 0.997. The van der Waals surface area contributed by atoms with Crippen LogP contribution in [0.5, 0.6) is 23.0 Å². The number of hydrogen-bond acceptors (Lipinski definition) is 7. The van der Waals surface area contributed by atoms with E-state index in [9.17, 15) is 9.59 Å². The fourth-order valence-corrected chi connectivity index (χ4v) is 4.85. The number of halogens is 1. The van der Waals surface area contributed by atoms with Crippen LogP contribution in [-0.4, -0.2) is 44.4 Å². The van der Waals surface area contributed by atoms with Crippen LogP contribution < -0.4 is 24.4 Å². The third kappa shape index (κ3) is 5.84. The van der Waals surface area contributed by atoms with Gasteiger partial charge in [-0.05, 0) is 60.2 Å². The van der Waals surface area contributed by atoms with Gasteiger partial charge in [0.05, 0.1) is 44.0 Å². The van der Waals surface area contributed by atoms with Crippen molar-refractivity contribution in [2.75, 3.05) is 21.3 Å². The van der Waals surface area contributed by atoms with Crippen LogP contribution in [0.25, 0.3) is 22.0 Å². The summed E-state index contributed by atoms with van der Waals surface area (Å²) in [6.45, 7) is 0. The molecular weight excluding hydrogens is 602 g/mol. The molecule has 0 aliphatic rings. The Balaban J connectivity index is 1.45. The average molecular weight is 628 g/mol. The quantitative estimate of drug-likeness (QED) is 0.0823. The minimum Gasteiger partial charge on any atom is -0.497 e. The largest absolute Gasteiger partial charge is 0.497 e. The van der Waals surface area contributed by atoms with Crippen LogP contribution >= 0.6 is 15.9 Å². The minimum absolute atomic E-state index is 0.266. The molecule has 1 aromatic heterocycles. The highest BCUT2D eigenvalue weighted by Crippen LogP contribution is 2.42. The van der Waals surface area contributed by atoms with Crippen LogP contribution in [0.1, 0.15) is 26.4 Å². The molecule has 2 N–H and O–H groups in total. The van der Waals surface area contributed by atoms with Crippen LogP contribution in [0.4, 0.5) is 0 Å². The third-order valence-corrected chi connectivity index (χ3v) is 6.97. The van der Waals surface area contributed by atoms with E-state index in [2.05, 4.69) is 31.4 Å². The van der Waals surface area contributed by atoms with E-state index in [1.54, 1.807) is 75.9 Å². The van der Waals surface area contributed by atoms with E-state index >= 15 is 0 Å². The van der Waals surface area contributed by atoms with Crippen LogP contribution in [-0.2, 0) is 0 Å². The highest BCUT2D eigenvalue weighted by atomic mass is 79.9. The zero-order chi connectivity index (χ0) is 29.6. The third-order valence-electron chi connectivity index (χ3n) is 6.48. The van der Waals surface area contributed by atoms with Gasteiger partial charge in [-0.3, -0.25) is 4.79 Å². The maximum atomic E-state index is 13.5. The number of aromatic amines is 1. The molecule has 0 saturated carbocycles. The number of rotatable bonds is 9. The molecule has 0 atom stereocenters. The van der Waals surface area contributed by atoms with E-state index < -0.39 is 11.9 Å². The van der Waals surface area contributed by atoms with Crippen molar-refractivity contribution < 1.29 is 28.5 Å². The first-order valence-corrected chi connectivity index (χ1v) is 13.5. The summed E-state index contributed by atoms with van der Waals surface area (Å²) in [5.41, 5.74) is 5.75. The normalized spacial score (nSPS) is 11.0. The van der Waals surface area contributed by atoms with E-state index in [0.717, 1.165) is 10.0 Å². The molecule has 0 aliphatic carbocycles. The molecule has 10 heteroatoms. The number of carbonyl (C=O) groups is 2. The number of amides is 1. The van der Waals surface area contributed by atoms with Gasteiger partial charge >= 0.3 is 5.97 Å². The monoisotopic (exact) mass is 627 g/mol. The number of methoxy groups -OCH3 is 3. The minimum atomic E-state index is -0.549. The van der Waals surface area contributed by atoms with Crippen molar-refractivity contribution in [1.29, 1.82) is 0 Å². The Labute approximate surface area is 250 Å². The Hall–Kier alpha value is -5.09. The predicted octanol–water partition coefficient (Wildman–Crippen LogP) is 6.61. The zero-order valence-corrected chi connectivity index (χ0v) is 24.5. The summed E-state index contributed by atoms with van der Waals surface area (Å²) in [5, 5.41) is 4.88. The molecule has 1 amide bonds. The summed E-state index contributed by atoms with van der Waals surface area (Å²) >= 11 is 3.43. The Morgan fingerprint density at radius 2 is 1.52 bits per heavy atom. The number of carbonyl (C=O) groups excluding carboxylic acids is 2. The number of ether oxygens (including phenoxy) is 4. The summed E-state index contributed by atoms with van der Waals surface area (Å²) in [6, 6.07) is 24.7. The van der Waals surface area contributed by atoms with Gasteiger partial charge in [0, 0.05) is 15.6 Å². The lowest BCUT2D eigenvalue weighted by Crippen LogP contribution is -2.19. The van der Waals surface area contributed by atoms with E-state index in [1.807, 2.05) is 30.3 Å². The molecule has 0 unspecified atom stereocenters. The van der Waals surface area contributed by atoms with E-state index in [1.165, 1.54) is 6.21 Å². The zero-order valence-electron chi connectivity index (χ0n) is 22.9. The van der Waals surface area contributed by atoms with Crippen molar-refractivity contribution in [3.8, 4) is 34.1 Å². The summed E-state index contributed by atoms with van der Waals surface area (Å²) in [7, 11) is 4.68. The van der Waals surface area contributed by atoms with Crippen molar-refractivity contribution >= 4 is 44.9 Å². The Morgan fingerprint density at radius 3 is 2.21 bits per heavy atom. The first-order valence-electron chi connectivity index (χ1n) is 12.7. The molecule has 0 saturated heterocycles. The van der Waals surface area contributed by atoms with Crippen molar-refractivity contribution in [3.63, 3.8) is 0 Å². The first kappa shape index (κ1) is 28.4. The summed E-state index contributed by atoms with van der Waals surface area (Å²) in [4.78, 5) is 29.5. The van der Waals surface area contributed by atoms with Crippen molar-refractivity contribution in [1.82, 2.24) is 10.4 Å². The molecule has 0 radical (unpaired) electrons. The molecule has 4 aromatic carbocycles. The second-order valence-electron chi connectivity index (χ2n) is 8.96. The van der Waals surface area contributed by atoms with Crippen molar-refractivity contribution in [2.45, 2.75) is 0 Å². The number of hydrogen-bond donors (Lipinski definition) is 2. The lowest BCUT2D eigenvalue weighted by Gasteiger charge is -2.09.